The first-order valence-corrected chi connectivity index (χ1v) is 12.4. The summed E-state index contributed by atoms with van der Waals surface area (Å²) in [5.74, 6) is -126. The van der Waals surface area contributed by atoms with Gasteiger partial charge in [0, 0.05) is 6.42 Å². The molecule has 0 aliphatic rings. The van der Waals surface area contributed by atoms with Crippen LogP contribution in [0.2, 0.25) is 0 Å². The van der Waals surface area contributed by atoms with Crippen molar-refractivity contribution in [3.63, 3.8) is 0 Å². The highest BCUT2D eigenvalue weighted by Gasteiger charge is 2.97. The highest BCUT2D eigenvalue weighted by atomic mass is 127. The van der Waals surface area contributed by atoms with Gasteiger partial charge in [-0.05, 0) is 0 Å². The molecule has 0 rings (SSSR count). The third kappa shape index (κ3) is 6.43. The molecule has 0 aromatic carbocycles. The summed E-state index contributed by atoms with van der Waals surface area (Å²) >= 11 is -1.25. The average Bonchev–Trinajstić information content (AvgIpc) is 2.89. The summed E-state index contributed by atoms with van der Waals surface area (Å²) in [5, 5.41) is 0. The van der Waals surface area contributed by atoms with Crippen molar-refractivity contribution < 1.29 is 149 Å². The molecule has 0 aliphatic heterocycles. The molecule has 0 saturated carbocycles. The van der Waals surface area contributed by atoms with Crippen LogP contribution < -0.4 is 0 Å². The zero-order valence-electron chi connectivity index (χ0n) is 22.5. The fraction of sp³-hybridized carbons (Fsp3) is 1.00. The van der Waals surface area contributed by atoms with Gasteiger partial charge in [0.2, 0.25) is 0 Å². The highest BCUT2D eigenvalue weighted by molar-refractivity contribution is 14.1. The van der Waals surface area contributed by atoms with E-state index < -0.39 is 128 Å². The Labute approximate surface area is 278 Å². The molecule has 320 valence electrons. The zero-order valence-corrected chi connectivity index (χ0v) is 24.7. The lowest BCUT2D eigenvalue weighted by molar-refractivity contribution is -0.464. The lowest BCUT2D eigenvalue weighted by Crippen LogP contribution is -2.75. The van der Waals surface area contributed by atoms with Crippen LogP contribution in [0.1, 0.15) is 6.42 Å². The minimum absolute atomic E-state index is 1.25. The van der Waals surface area contributed by atoms with E-state index in [2.05, 4.69) is 0 Å². The molecule has 1 unspecified atom stereocenters. The highest BCUT2D eigenvalue weighted by Crippen LogP contribution is 2.67. The maximum atomic E-state index is 14.1. The Kier molecular flexibility index (Phi) is 12.3. The van der Waals surface area contributed by atoms with Gasteiger partial charge in [-0.1, -0.05) is 22.6 Å². The van der Waals surface area contributed by atoms with Crippen molar-refractivity contribution in [1.82, 2.24) is 0 Å². The summed E-state index contributed by atoms with van der Waals surface area (Å²) in [6.45, 7) is 0. The molecule has 0 saturated heterocycles. The lowest BCUT2D eigenvalue weighted by Gasteiger charge is -2.44. The maximum Gasteiger partial charge on any atom is 0.460 e. The Morgan fingerprint density at radius 3 is 0.623 bits per heavy atom. The van der Waals surface area contributed by atoms with E-state index in [9.17, 15) is 149 Å². The summed E-state index contributed by atoms with van der Waals surface area (Å²) in [6.07, 6.45) is -21.4. The van der Waals surface area contributed by atoms with Crippen molar-refractivity contribution in [2.24, 2.45) is 0 Å². The van der Waals surface area contributed by atoms with Crippen molar-refractivity contribution >= 4 is 22.6 Å². The van der Waals surface area contributed by atoms with Crippen LogP contribution in [0.15, 0.2) is 0 Å². The summed E-state index contributed by atoms with van der Waals surface area (Å²) in [7, 11) is 0. The van der Waals surface area contributed by atoms with Gasteiger partial charge in [-0.25, -0.2) is 0 Å². The summed E-state index contributed by atoms with van der Waals surface area (Å²) in [5.41, 5.74) is 0. The van der Waals surface area contributed by atoms with E-state index in [1.54, 1.807) is 0 Å². The van der Waals surface area contributed by atoms with Crippen molar-refractivity contribution in [2.45, 2.75) is 106 Å². The van der Waals surface area contributed by atoms with Crippen molar-refractivity contribution in [2.75, 3.05) is 0 Å². The molecule has 0 heterocycles. The van der Waals surface area contributed by atoms with Crippen LogP contribution in [-0.2, 0) is 0 Å². The molecule has 53 heavy (non-hydrogen) atoms. The molecule has 0 aromatic heterocycles. The molecule has 0 fully saturated rings. The van der Waals surface area contributed by atoms with Crippen LogP contribution in [0.4, 0.5) is 149 Å². The van der Waals surface area contributed by atoms with E-state index in [-0.39, 0.29) is 0 Å². The van der Waals surface area contributed by atoms with Crippen LogP contribution in [-0.4, -0.2) is 99.2 Å². The Hall–Kier alpha value is -1.65. The normalized spacial score (nSPS) is 17.7. The number of halogens is 35. The van der Waals surface area contributed by atoms with Crippen LogP contribution in [0.25, 0.3) is 0 Å². The summed E-state index contributed by atoms with van der Waals surface area (Å²) in [6, 6.07) is 0. The van der Waals surface area contributed by atoms with Crippen LogP contribution >= 0.6 is 22.6 Å². The SMILES string of the molecule is FC(F)(F)C(F)(F)C(F)(F)C(F)(F)C(F)(F)C(F)(F)C(F)(F)C(F)(F)CC(I)C(F)(F)C(F)(F)C(F)(F)C(F)(F)C(F)(F)C(F)(F)C(F)(F)C(F)(F)F. The first-order chi connectivity index (χ1) is 22.1. The molecule has 0 bridgehead atoms. The van der Waals surface area contributed by atoms with Gasteiger partial charge in [-0.3, -0.25) is 0 Å². The second-order valence-electron chi connectivity index (χ2n) is 9.89. The monoisotopic (exact) mass is 992 g/mol. The molecule has 0 amide bonds. The van der Waals surface area contributed by atoms with Gasteiger partial charge in [-0.15, -0.1) is 0 Å². The molecule has 1 atom stereocenters. The third-order valence-electron chi connectivity index (χ3n) is 6.36. The maximum absolute atomic E-state index is 14.1. The molecule has 0 radical (unpaired) electrons. The van der Waals surface area contributed by atoms with Crippen LogP contribution in [0.5, 0.6) is 0 Å². The van der Waals surface area contributed by atoms with Gasteiger partial charge in [-0.2, -0.15) is 149 Å². The van der Waals surface area contributed by atoms with Gasteiger partial charge < -0.3 is 0 Å². The van der Waals surface area contributed by atoms with E-state index >= 15 is 0 Å². The summed E-state index contributed by atoms with van der Waals surface area (Å²) < 4.78 is 446. The first-order valence-electron chi connectivity index (χ1n) is 11.2. The number of hydrogen-bond donors (Lipinski definition) is 0. The van der Waals surface area contributed by atoms with E-state index in [0.717, 1.165) is 0 Å². The fourth-order valence-electron chi connectivity index (χ4n) is 3.05. The predicted octanol–water partition coefficient (Wildman–Crippen LogP) is 12.2. The lowest BCUT2D eigenvalue weighted by atomic mass is 9.85. The van der Waals surface area contributed by atoms with Gasteiger partial charge in [0.25, 0.3) is 0 Å². The van der Waals surface area contributed by atoms with Crippen molar-refractivity contribution in [1.29, 1.82) is 0 Å². The van der Waals surface area contributed by atoms with Crippen LogP contribution in [0.3, 0.4) is 0 Å². The molecule has 0 spiro atoms. The predicted molar refractivity (Wildman–Crippen MR) is 104 cm³/mol. The van der Waals surface area contributed by atoms with Crippen molar-refractivity contribution in [3.05, 3.63) is 0 Å². The van der Waals surface area contributed by atoms with Gasteiger partial charge in [0.15, 0.2) is 0 Å². The van der Waals surface area contributed by atoms with Gasteiger partial charge in [0.05, 0.1) is 3.92 Å². The van der Waals surface area contributed by atoms with Gasteiger partial charge in [0.1, 0.15) is 0 Å². The Morgan fingerprint density at radius 2 is 0.415 bits per heavy atom. The molecular weight excluding hydrogens is 989 g/mol. The minimum Gasteiger partial charge on any atom is -0.200 e. The smallest absolute Gasteiger partial charge is 0.200 e. The molecule has 35 heteroatoms. The third-order valence-corrected chi connectivity index (χ3v) is 7.59. The second kappa shape index (κ2) is 12.7. The zero-order chi connectivity index (χ0) is 44.3. The van der Waals surface area contributed by atoms with Gasteiger partial charge >= 0.3 is 95.3 Å². The standard InChI is InChI=1S/C18H3F34I/c19-3(20,5(23,24)7(27,28)9(31,32)11(35,36)13(39,40)15(43,44)17(47,48)49)1-2(53)4(21,22)6(25,26)8(29,30)10(33,34)12(37,38)14(41,42)16(45,46)18(50,51)52/h2H,1H2. The summed E-state index contributed by atoms with van der Waals surface area (Å²) in [4.78, 5) is 0. The molecule has 0 aromatic rings. The molecule has 0 N–H and O–H groups in total. The molecule has 0 aliphatic carbocycles. The van der Waals surface area contributed by atoms with E-state index in [4.69, 9.17) is 0 Å². The first kappa shape index (κ1) is 51.4. The number of rotatable bonds is 15. The largest absolute Gasteiger partial charge is 0.460 e. The Bertz CT molecular complexity index is 1310. The van der Waals surface area contributed by atoms with E-state index in [1.165, 1.54) is 0 Å². The van der Waals surface area contributed by atoms with E-state index in [0.29, 0.717) is 0 Å². The Morgan fingerprint density at radius 1 is 0.245 bits per heavy atom. The molecule has 0 nitrogen and oxygen atoms in total. The quantitative estimate of drug-likeness (QED) is 0.0871. The topological polar surface area (TPSA) is 0 Å². The molecular formula is C18H3F34I. The van der Waals surface area contributed by atoms with E-state index in [1.807, 2.05) is 0 Å². The second-order valence-corrected chi connectivity index (χ2v) is 11.4. The van der Waals surface area contributed by atoms with Crippen molar-refractivity contribution in [3.8, 4) is 0 Å². The number of alkyl halides is 35. The minimum atomic E-state index is -9.45. The van der Waals surface area contributed by atoms with Crippen LogP contribution in [0, 0.1) is 0 Å². The number of hydrogen-bond acceptors (Lipinski definition) is 0. The fourth-order valence-corrected chi connectivity index (χ4v) is 3.99. The Balaban J connectivity index is 7.25. The average molecular weight is 992 g/mol.